The summed E-state index contributed by atoms with van der Waals surface area (Å²) in [6.45, 7) is 3.21. The van der Waals surface area contributed by atoms with Gasteiger partial charge >= 0.3 is 5.97 Å². The van der Waals surface area contributed by atoms with E-state index in [1.807, 2.05) is 30.0 Å². The van der Waals surface area contributed by atoms with Crippen LogP contribution in [-0.4, -0.2) is 67.2 Å². The molecule has 1 fully saturated rings. The largest absolute Gasteiger partial charge is 0.497 e. The maximum absolute atomic E-state index is 12.9. The molecule has 1 saturated heterocycles. The highest BCUT2D eigenvalue weighted by molar-refractivity contribution is 5.80. The maximum atomic E-state index is 12.9. The summed E-state index contributed by atoms with van der Waals surface area (Å²) in [5.74, 6) is 0.482. The average Bonchev–Trinajstić information content (AvgIpc) is 3.10. The monoisotopic (exact) mass is 364 g/mol. The number of carbonyl (C=O) groups is 2. The third kappa shape index (κ3) is 4.88. The summed E-state index contributed by atoms with van der Waals surface area (Å²) in [6.07, 6.45) is 2.55. The first-order chi connectivity index (χ1) is 12.5. The highest BCUT2D eigenvalue weighted by atomic mass is 16.5. The van der Waals surface area contributed by atoms with E-state index in [0.717, 1.165) is 36.3 Å². The number of carboxylic acids is 1. The zero-order chi connectivity index (χ0) is 19.1. The third-order valence-electron chi connectivity index (χ3n) is 4.63. The Kier molecular flexibility index (Phi) is 7.26. The van der Waals surface area contributed by atoms with Crippen LogP contribution in [0.25, 0.3) is 0 Å². The lowest BCUT2D eigenvalue weighted by molar-refractivity contribution is -0.140. The fourth-order valence-electron chi connectivity index (χ4n) is 3.49. The van der Waals surface area contributed by atoms with Crippen LogP contribution in [0, 0.1) is 0 Å². The van der Waals surface area contributed by atoms with Gasteiger partial charge in [0.15, 0.2) is 0 Å². The minimum absolute atomic E-state index is 0.0490. The Morgan fingerprint density at radius 3 is 2.65 bits per heavy atom. The van der Waals surface area contributed by atoms with E-state index < -0.39 is 5.97 Å². The fraction of sp³-hybridized carbons (Fsp3) is 0.579. The number of carboxylic acid groups (broad SMARTS) is 1. The first-order valence-electron chi connectivity index (χ1n) is 8.95. The number of hydrogen-bond acceptors (Lipinski definition) is 5. The molecule has 1 aromatic carbocycles. The van der Waals surface area contributed by atoms with E-state index in [1.54, 1.807) is 19.1 Å². The molecule has 0 radical (unpaired) electrons. The Labute approximate surface area is 154 Å². The highest BCUT2D eigenvalue weighted by Gasteiger charge is 2.32. The maximum Gasteiger partial charge on any atom is 0.317 e. The summed E-state index contributed by atoms with van der Waals surface area (Å²) < 4.78 is 10.8. The first kappa shape index (κ1) is 20.0. The molecule has 7 nitrogen and oxygen atoms in total. The summed E-state index contributed by atoms with van der Waals surface area (Å²) in [5, 5.41) is 9.05. The van der Waals surface area contributed by atoms with Crippen molar-refractivity contribution >= 4 is 11.9 Å². The summed E-state index contributed by atoms with van der Waals surface area (Å²) in [6, 6.07) is 5.51. The molecule has 0 aliphatic carbocycles. The number of methoxy groups -OCH3 is 2. The molecule has 26 heavy (non-hydrogen) atoms. The third-order valence-corrected chi connectivity index (χ3v) is 4.63. The molecule has 7 heteroatoms. The van der Waals surface area contributed by atoms with E-state index in [4.69, 9.17) is 14.6 Å². The Balaban J connectivity index is 2.18. The molecule has 1 atom stereocenters. The van der Waals surface area contributed by atoms with Crippen LogP contribution < -0.4 is 9.47 Å². The number of likely N-dealkylation sites (tertiary alicyclic amines) is 1. The Morgan fingerprint density at radius 1 is 1.27 bits per heavy atom. The predicted molar refractivity (Wildman–Crippen MR) is 97.6 cm³/mol. The van der Waals surface area contributed by atoms with Crippen molar-refractivity contribution in [3.63, 3.8) is 0 Å². The number of aliphatic carboxylic acids is 1. The van der Waals surface area contributed by atoms with E-state index in [9.17, 15) is 9.59 Å². The first-order valence-corrected chi connectivity index (χ1v) is 8.95. The Hall–Kier alpha value is -2.28. The van der Waals surface area contributed by atoms with Gasteiger partial charge in [0, 0.05) is 12.1 Å². The molecule has 1 heterocycles. The van der Waals surface area contributed by atoms with Gasteiger partial charge in [0.05, 0.1) is 33.4 Å². The fourth-order valence-corrected chi connectivity index (χ4v) is 3.49. The molecule has 0 saturated carbocycles. The van der Waals surface area contributed by atoms with Crippen molar-refractivity contribution in [2.45, 2.75) is 32.2 Å². The molecule has 2 rings (SSSR count). The number of amides is 1. The van der Waals surface area contributed by atoms with E-state index in [-0.39, 0.29) is 25.0 Å². The van der Waals surface area contributed by atoms with Gasteiger partial charge in [-0.3, -0.25) is 14.5 Å². The quantitative estimate of drug-likeness (QED) is 0.723. The van der Waals surface area contributed by atoms with E-state index in [0.29, 0.717) is 13.1 Å². The molecule has 1 N–H and O–H groups in total. The summed E-state index contributed by atoms with van der Waals surface area (Å²) in [5.41, 5.74) is 0.929. The van der Waals surface area contributed by atoms with Crippen LogP contribution in [0.15, 0.2) is 18.2 Å². The number of hydrogen-bond donors (Lipinski definition) is 1. The Bertz CT molecular complexity index is 634. The molecule has 1 amide bonds. The van der Waals surface area contributed by atoms with Gasteiger partial charge in [0.25, 0.3) is 0 Å². The summed E-state index contributed by atoms with van der Waals surface area (Å²) in [4.78, 5) is 27.4. The predicted octanol–water partition coefficient (Wildman–Crippen LogP) is 2.16. The molecule has 0 spiro atoms. The van der Waals surface area contributed by atoms with Crippen molar-refractivity contribution in [3.8, 4) is 11.5 Å². The van der Waals surface area contributed by atoms with Crippen molar-refractivity contribution in [2.24, 2.45) is 0 Å². The van der Waals surface area contributed by atoms with E-state index >= 15 is 0 Å². The van der Waals surface area contributed by atoms with Crippen LogP contribution in [-0.2, 0) is 9.59 Å². The molecule has 144 valence electrons. The van der Waals surface area contributed by atoms with Crippen molar-refractivity contribution in [1.29, 1.82) is 0 Å². The van der Waals surface area contributed by atoms with Gasteiger partial charge in [-0.05, 0) is 44.0 Å². The van der Waals surface area contributed by atoms with Gasteiger partial charge in [0.1, 0.15) is 11.5 Å². The van der Waals surface area contributed by atoms with Crippen molar-refractivity contribution in [1.82, 2.24) is 9.80 Å². The lowest BCUT2D eigenvalue weighted by Crippen LogP contribution is -2.42. The van der Waals surface area contributed by atoms with Gasteiger partial charge in [-0.25, -0.2) is 0 Å². The molecule has 1 aliphatic heterocycles. The lowest BCUT2D eigenvalue weighted by atomic mass is 10.0. The molecular formula is C19H28N2O5. The standard InChI is InChI=1S/C19H28N2O5/c1-4-9-20(13-19(23)24)12-18(22)21-10-5-6-16(21)15-11-14(25-2)7-8-17(15)26-3/h7-8,11,16H,4-6,9-10,12-13H2,1-3H3,(H,23,24). The van der Waals surface area contributed by atoms with Crippen LogP contribution in [0.1, 0.15) is 37.8 Å². The van der Waals surface area contributed by atoms with Crippen molar-refractivity contribution in [3.05, 3.63) is 23.8 Å². The average molecular weight is 364 g/mol. The second-order valence-corrected chi connectivity index (χ2v) is 6.46. The van der Waals surface area contributed by atoms with Crippen LogP contribution in [0.4, 0.5) is 0 Å². The SMILES string of the molecule is CCCN(CC(=O)O)CC(=O)N1CCCC1c1cc(OC)ccc1OC. The van der Waals surface area contributed by atoms with Gasteiger partial charge in [-0.15, -0.1) is 0 Å². The molecule has 1 unspecified atom stereocenters. The summed E-state index contributed by atoms with van der Waals surface area (Å²) in [7, 11) is 3.22. The van der Waals surface area contributed by atoms with Crippen LogP contribution in [0.5, 0.6) is 11.5 Å². The Morgan fingerprint density at radius 2 is 2.04 bits per heavy atom. The van der Waals surface area contributed by atoms with Crippen LogP contribution in [0.3, 0.4) is 0 Å². The molecule has 1 aromatic rings. The lowest BCUT2D eigenvalue weighted by Gasteiger charge is -2.29. The van der Waals surface area contributed by atoms with Crippen LogP contribution >= 0.6 is 0 Å². The molecule has 1 aliphatic rings. The van der Waals surface area contributed by atoms with Gasteiger partial charge in [-0.1, -0.05) is 6.92 Å². The highest BCUT2D eigenvalue weighted by Crippen LogP contribution is 2.38. The van der Waals surface area contributed by atoms with Crippen LogP contribution in [0.2, 0.25) is 0 Å². The van der Waals surface area contributed by atoms with Crippen molar-refractivity contribution < 1.29 is 24.2 Å². The molecular weight excluding hydrogens is 336 g/mol. The topological polar surface area (TPSA) is 79.3 Å². The number of benzene rings is 1. The normalized spacial score (nSPS) is 16.8. The number of carbonyl (C=O) groups excluding carboxylic acids is 1. The van der Waals surface area contributed by atoms with E-state index in [1.165, 1.54) is 0 Å². The number of ether oxygens (including phenoxy) is 2. The zero-order valence-corrected chi connectivity index (χ0v) is 15.7. The van der Waals surface area contributed by atoms with Gasteiger partial charge < -0.3 is 19.5 Å². The van der Waals surface area contributed by atoms with E-state index in [2.05, 4.69) is 0 Å². The zero-order valence-electron chi connectivity index (χ0n) is 15.7. The minimum Gasteiger partial charge on any atom is -0.497 e. The second-order valence-electron chi connectivity index (χ2n) is 6.46. The second kappa shape index (κ2) is 9.43. The van der Waals surface area contributed by atoms with Gasteiger partial charge in [0.2, 0.25) is 5.91 Å². The van der Waals surface area contributed by atoms with Crippen molar-refractivity contribution in [2.75, 3.05) is 40.4 Å². The van der Waals surface area contributed by atoms with Gasteiger partial charge in [-0.2, -0.15) is 0 Å². The number of rotatable bonds is 9. The number of nitrogens with zero attached hydrogens (tertiary/aromatic N) is 2. The molecule has 0 bridgehead atoms. The minimum atomic E-state index is -0.918. The molecule has 0 aromatic heterocycles. The smallest absolute Gasteiger partial charge is 0.317 e. The summed E-state index contributed by atoms with van der Waals surface area (Å²) >= 11 is 0.